The fraction of sp³-hybridized carbons (Fsp3) is 0.520. The molecule has 0 bridgehead atoms. The van der Waals surface area contributed by atoms with Crippen LogP contribution >= 0.6 is 11.6 Å². The van der Waals surface area contributed by atoms with Crippen LogP contribution in [0.25, 0.3) is 0 Å². The summed E-state index contributed by atoms with van der Waals surface area (Å²) >= 11 is 5.73. The molecular formula is C25H32ClF3N2O2. The van der Waals surface area contributed by atoms with Gasteiger partial charge in [-0.2, -0.15) is 13.2 Å². The van der Waals surface area contributed by atoms with Crippen LogP contribution in [0.4, 0.5) is 18.9 Å². The zero-order valence-corrected chi connectivity index (χ0v) is 20.2. The van der Waals surface area contributed by atoms with Gasteiger partial charge in [-0.1, -0.05) is 24.1 Å². The van der Waals surface area contributed by atoms with Gasteiger partial charge in [0.05, 0.1) is 17.2 Å². The predicted octanol–water partition coefficient (Wildman–Crippen LogP) is 6.64. The smallest absolute Gasteiger partial charge is 0.417 e. The molecule has 1 N–H and O–H groups in total. The largest absolute Gasteiger partial charge is 0.491 e. The Morgan fingerprint density at radius 1 is 1.09 bits per heavy atom. The lowest BCUT2D eigenvalue weighted by molar-refractivity contribution is -0.137. The maximum Gasteiger partial charge on any atom is 0.417 e. The van der Waals surface area contributed by atoms with Gasteiger partial charge in [0.15, 0.2) is 0 Å². The molecule has 1 fully saturated rings. The number of hydrogen-bond donors (Lipinski definition) is 1. The molecule has 33 heavy (non-hydrogen) atoms. The maximum absolute atomic E-state index is 13.1. The number of alkyl halides is 3. The molecule has 3 rings (SSSR count). The van der Waals surface area contributed by atoms with Crippen LogP contribution in [-0.4, -0.2) is 44.9 Å². The number of likely N-dealkylation sites (tertiary alicyclic amines) is 1. The zero-order chi connectivity index (χ0) is 24.0. The summed E-state index contributed by atoms with van der Waals surface area (Å²) in [7, 11) is 1.65. The number of nitrogens with one attached hydrogen (secondary N) is 1. The molecule has 0 aromatic heterocycles. The predicted molar refractivity (Wildman–Crippen MR) is 126 cm³/mol. The number of benzene rings is 2. The van der Waals surface area contributed by atoms with Gasteiger partial charge >= 0.3 is 6.18 Å². The average molecular weight is 485 g/mol. The van der Waals surface area contributed by atoms with Crippen LogP contribution in [0, 0.1) is 13.8 Å². The van der Waals surface area contributed by atoms with Gasteiger partial charge in [0.1, 0.15) is 12.4 Å². The Hall–Kier alpha value is -1.96. The molecule has 0 radical (unpaired) electrons. The van der Waals surface area contributed by atoms with Crippen molar-refractivity contribution in [3.05, 3.63) is 57.6 Å². The monoisotopic (exact) mass is 484 g/mol. The lowest BCUT2D eigenvalue weighted by Crippen LogP contribution is -2.37. The van der Waals surface area contributed by atoms with Crippen molar-refractivity contribution in [2.45, 2.75) is 45.3 Å². The first-order chi connectivity index (χ1) is 15.7. The first kappa shape index (κ1) is 25.7. The van der Waals surface area contributed by atoms with Gasteiger partial charge in [-0.15, -0.1) is 0 Å². The van der Waals surface area contributed by atoms with Crippen molar-refractivity contribution in [2.24, 2.45) is 0 Å². The third-order valence-corrected chi connectivity index (χ3v) is 6.63. The van der Waals surface area contributed by atoms with E-state index in [1.807, 2.05) is 6.07 Å². The van der Waals surface area contributed by atoms with Crippen molar-refractivity contribution < 1.29 is 22.6 Å². The van der Waals surface area contributed by atoms with E-state index in [1.54, 1.807) is 13.2 Å². The lowest BCUT2D eigenvalue weighted by Gasteiger charge is -2.37. The van der Waals surface area contributed by atoms with Crippen LogP contribution in [0.2, 0.25) is 5.02 Å². The molecule has 0 amide bonds. The average Bonchev–Trinajstić information content (AvgIpc) is 2.78. The van der Waals surface area contributed by atoms with Gasteiger partial charge in [0, 0.05) is 31.9 Å². The van der Waals surface area contributed by atoms with Gasteiger partial charge < -0.3 is 14.8 Å². The van der Waals surface area contributed by atoms with Crippen LogP contribution in [0.15, 0.2) is 30.3 Å². The SMILES string of the molecule is COCCOc1ccc(C2CCCCN2CCNc2ccc(Cl)c(C(F)(F)F)c2)c(C)c1C. The summed E-state index contributed by atoms with van der Waals surface area (Å²) < 4.78 is 50.3. The normalized spacial score (nSPS) is 17.2. The summed E-state index contributed by atoms with van der Waals surface area (Å²) in [6.45, 7) is 7.51. The minimum atomic E-state index is -4.47. The molecule has 182 valence electrons. The van der Waals surface area contributed by atoms with Gasteiger partial charge in [-0.25, -0.2) is 0 Å². The summed E-state index contributed by atoms with van der Waals surface area (Å²) in [4.78, 5) is 2.42. The fourth-order valence-electron chi connectivity index (χ4n) is 4.38. The van der Waals surface area contributed by atoms with E-state index < -0.39 is 11.7 Å². The summed E-state index contributed by atoms with van der Waals surface area (Å²) in [6, 6.07) is 8.41. The summed E-state index contributed by atoms with van der Waals surface area (Å²) in [5.41, 5.74) is 3.25. The molecule has 8 heteroatoms. The minimum absolute atomic E-state index is 0.281. The van der Waals surface area contributed by atoms with E-state index in [0.717, 1.165) is 49.7 Å². The minimum Gasteiger partial charge on any atom is -0.491 e. The molecule has 1 heterocycles. The molecule has 1 atom stereocenters. The molecule has 0 saturated carbocycles. The van der Waals surface area contributed by atoms with E-state index in [4.69, 9.17) is 21.1 Å². The van der Waals surface area contributed by atoms with Gasteiger partial charge in [-0.3, -0.25) is 4.90 Å². The molecule has 1 unspecified atom stereocenters. The first-order valence-electron chi connectivity index (χ1n) is 11.3. The number of ether oxygens (including phenoxy) is 2. The quantitative estimate of drug-likeness (QED) is 0.404. The Morgan fingerprint density at radius 2 is 1.88 bits per heavy atom. The van der Waals surface area contributed by atoms with E-state index in [9.17, 15) is 13.2 Å². The van der Waals surface area contributed by atoms with E-state index in [0.29, 0.717) is 25.4 Å². The highest BCUT2D eigenvalue weighted by Gasteiger charge is 2.33. The van der Waals surface area contributed by atoms with Gasteiger partial charge in [0.2, 0.25) is 0 Å². The number of hydrogen-bond acceptors (Lipinski definition) is 4. The fourth-order valence-corrected chi connectivity index (χ4v) is 4.60. The molecule has 4 nitrogen and oxygen atoms in total. The highest BCUT2D eigenvalue weighted by molar-refractivity contribution is 6.31. The van der Waals surface area contributed by atoms with Crippen molar-refractivity contribution in [2.75, 3.05) is 45.3 Å². The second-order valence-corrected chi connectivity index (χ2v) is 8.82. The molecule has 1 saturated heterocycles. The Kier molecular flexibility index (Phi) is 8.90. The van der Waals surface area contributed by atoms with Crippen molar-refractivity contribution in [1.29, 1.82) is 0 Å². The second-order valence-electron chi connectivity index (χ2n) is 8.41. The maximum atomic E-state index is 13.1. The zero-order valence-electron chi connectivity index (χ0n) is 19.4. The highest BCUT2D eigenvalue weighted by Crippen LogP contribution is 2.37. The van der Waals surface area contributed by atoms with Crippen molar-refractivity contribution in [3.63, 3.8) is 0 Å². The van der Waals surface area contributed by atoms with Crippen LogP contribution < -0.4 is 10.1 Å². The number of anilines is 1. The number of nitrogens with zero attached hydrogens (tertiary/aromatic N) is 1. The summed E-state index contributed by atoms with van der Waals surface area (Å²) in [6.07, 6.45) is -1.14. The highest BCUT2D eigenvalue weighted by atomic mass is 35.5. The van der Waals surface area contributed by atoms with Gasteiger partial charge in [-0.05, 0) is 74.2 Å². The molecule has 0 aliphatic carbocycles. The Balaban J connectivity index is 1.67. The lowest BCUT2D eigenvalue weighted by atomic mass is 9.90. The topological polar surface area (TPSA) is 33.7 Å². The second kappa shape index (κ2) is 11.4. The first-order valence-corrected chi connectivity index (χ1v) is 11.7. The van der Waals surface area contributed by atoms with Crippen molar-refractivity contribution in [1.82, 2.24) is 4.90 Å². The molecule has 2 aromatic rings. The number of rotatable bonds is 9. The Bertz CT molecular complexity index is 937. The molecule has 1 aliphatic heterocycles. The molecular weight excluding hydrogens is 453 g/mol. The van der Waals surface area contributed by atoms with Crippen LogP contribution in [0.1, 0.15) is 47.6 Å². The Morgan fingerprint density at radius 3 is 2.61 bits per heavy atom. The van der Waals surface area contributed by atoms with Crippen molar-refractivity contribution >= 4 is 17.3 Å². The number of methoxy groups -OCH3 is 1. The van der Waals surface area contributed by atoms with Crippen molar-refractivity contribution in [3.8, 4) is 5.75 Å². The van der Waals surface area contributed by atoms with E-state index >= 15 is 0 Å². The Labute approximate surface area is 199 Å². The van der Waals surface area contributed by atoms with Crippen LogP contribution in [-0.2, 0) is 10.9 Å². The van der Waals surface area contributed by atoms with E-state index in [2.05, 4.69) is 30.1 Å². The third-order valence-electron chi connectivity index (χ3n) is 6.30. The van der Waals surface area contributed by atoms with Crippen LogP contribution in [0.3, 0.4) is 0 Å². The molecule has 1 aliphatic rings. The molecule has 2 aromatic carbocycles. The molecule has 0 spiro atoms. The van der Waals surface area contributed by atoms with E-state index in [1.165, 1.54) is 17.2 Å². The standard InChI is InChI=1S/C25H32ClF3N2O2/c1-17-18(2)24(33-15-14-32-3)10-8-20(17)23-6-4-5-12-31(23)13-11-30-19-7-9-22(26)21(16-19)25(27,28)29/h7-10,16,23,30H,4-6,11-15H2,1-3H3. The number of halogens is 4. The van der Waals surface area contributed by atoms with Crippen LogP contribution in [0.5, 0.6) is 5.75 Å². The van der Waals surface area contributed by atoms with E-state index in [-0.39, 0.29) is 11.1 Å². The third kappa shape index (κ3) is 6.55. The number of piperidine rings is 1. The van der Waals surface area contributed by atoms with Gasteiger partial charge in [0.25, 0.3) is 0 Å². The summed E-state index contributed by atoms with van der Waals surface area (Å²) in [5, 5.41) is 2.85. The summed E-state index contributed by atoms with van der Waals surface area (Å²) in [5.74, 6) is 0.875.